The minimum atomic E-state index is -0.582. The van der Waals surface area contributed by atoms with Gasteiger partial charge in [0.25, 0.3) is 5.91 Å². The molecule has 1 aromatic heterocycles. The molecule has 21 heavy (non-hydrogen) atoms. The second kappa shape index (κ2) is 6.54. The molecule has 0 radical (unpaired) electrons. The highest BCUT2D eigenvalue weighted by atomic mass is 16.3. The Bertz CT molecular complexity index is 691. The van der Waals surface area contributed by atoms with Gasteiger partial charge in [0.15, 0.2) is 5.43 Å². The second-order valence-corrected chi connectivity index (χ2v) is 5.59. The van der Waals surface area contributed by atoms with E-state index in [4.69, 9.17) is 0 Å². The first-order valence-electron chi connectivity index (χ1n) is 7.05. The molecule has 0 spiro atoms. The highest BCUT2D eigenvalue weighted by Gasteiger charge is 2.12. The van der Waals surface area contributed by atoms with Crippen molar-refractivity contribution in [2.24, 2.45) is 5.92 Å². The van der Waals surface area contributed by atoms with Crippen LogP contribution in [0.15, 0.2) is 35.1 Å². The van der Waals surface area contributed by atoms with Crippen LogP contribution in [0.5, 0.6) is 0 Å². The summed E-state index contributed by atoms with van der Waals surface area (Å²) < 4.78 is 0. The minimum absolute atomic E-state index is 0.172. The van der Waals surface area contributed by atoms with E-state index in [0.717, 1.165) is 0 Å². The zero-order valence-electron chi connectivity index (χ0n) is 12.2. The lowest BCUT2D eigenvalue weighted by Gasteiger charge is -2.14. The Balaban J connectivity index is 2.11. The summed E-state index contributed by atoms with van der Waals surface area (Å²) >= 11 is 0. The fraction of sp³-hybridized carbons (Fsp3) is 0.375. The van der Waals surface area contributed by atoms with Gasteiger partial charge in [0.1, 0.15) is 5.69 Å². The van der Waals surface area contributed by atoms with Gasteiger partial charge in [-0.15, -0.1) is 0 Å². The molecule has 1 heterocycles. The van der Waals surface area contributed by atoms with Crippen LogP contribution in [0, 0.1) is 5.92 Å². The number of H-pyrrole nitrogens is 1. The number of hydrogen-bond acceptors (Lipinski definition) is 3. The number of aliphatic hydroxyl groups excluding tert-OH is 1. The third-order valence-corrected chi connectivity index (χ3v) is 3.22. The average Bonchev–Trinajstić information content (AvgIpc) is 2.44. The van der Waals surface area contributed by atoms with Gasteiger partial charge in [-0.3, -0.25) is 9.59 Å². The van der Waals surface area contributed by atoms with Crippen molar-refractivity contribution in [2.45, 2.75) is 26.4 Å². The van der Waals surface area contributed by atoms with Crippen LogP contribution < -0.4 is 10.7 Å². The van der Waals surface area contributed by atoms with E-state index < -0.39 is 6.10 Å². The van der Waals surface area contributed by atoms with E-state index >= 15 is 0 Å². The summed E-state index contributed by atoms with van der Waals surface area (Å²) in [6.45, 7) is 4.18. The Morgan fingerprint density at radius 3 is 2.76 bits per heavy atom. The second-order valence-electron chi connectivity index (χ2n) is 5.59. The monoisotopic (exact) mass is 288 g/mol. The van der Waals surface area contributed by atoms with E-state index in [2.05, 4.69) is 10.3 Å². The first kappa shape index (κ1) is 15.3. The van der Waals surface area contributed by atoms with Gasteiger partial charge < -0.3 is 15.4 Å². The van der Waals surface area contributed by atoms with Crippen LogP contribution in [-0.2, 0) is 0 Å². The first-order chi connectivity index (χ1) is 9.97. The minimum Gasteiger partial charge on any atom is -0.391 e. The molecule has 112 valence electrons. The van der Waals surface area contributed by atoms with E-state index in [0.29, 0.717) is 23.2 Å². The Morgan fingerprint density at radius 2 is 2.05 bits per heavy atom. The van der Waals surface area contributed by atoms with Gasteiger partial charge in [0.05, 0.1) is 6.10 Å². The molecule has 0 aliphatic carbocycles. The number of aromatic amines is 1. The number of hydrogen-bond donors (Lipinski definition) is 3. The Kier molecular flexibility index (Phi) is 4.75. The van der Waals surface area contributed by atoms with Gasteiger partial charge in [-0.25, -0.2) is 0 Å². The van der Waals surface area contributed by atoms with Gasteiger partial charge in [0, 0.05) is 23.5 Å². The SMILES string of the molecule is CC(C)CC(O)CNC(=O)c1cc(=O)c2ccccc2[nH]1. The van der Waals surface area contributed by atoms with Crippen molar-refractivity contribution in [3.8, 4) is 0 Å². The summed E-state index contributed by atoms with van der Waals surface area (Å²) in [6, 6.07) is 8.32. The topological polar surface area (TPSA) is 82.2 Å². The summed E-state index contributed by atoms with van der Waals surface area (Å²) in [5.41, 5.74) is 0.630. The number of benzene rings is 1. The molecular weight excluding hydrogens is 268 g/mol. The van der Waals surface area contributed by atoms with Crippen molar-refractivity contribution in [3.63, 3.8) is 0 Å². The van der Waals surface area contributed by atoms with Gasteiger partial charge in [-0.05, 0) is 24.5 Å². The number of fused-ring (bicyclic) bond motifs is 1. The molecule has 0 aliphatic rings. The number of para-hydroxylation sites is 1. The predicted octanol–water partition coefficient (Wildman–Crippen LogP) is 1.66. The van der Waals surface area contributed by atoms with Crippen LogP contribution >= 0.6 is 0 Å². The Labute approximate surface area is 123 Å². The quantitative estimate of drug-likeness (QED) is 0.782. The van der Waals surface area contributed by atoms with Crippen molar-refractivity contribution in [1.82, 2.24) is 10.3 Å². The van der Waals surface area contributed by atoms with E-state index in [1.54, 1.807) is 24.3 Å². The maximum absolute atomic E-state index is 12.0. The molecule has 5 nitrogen and oxygen atoms in total. The van der Waals surface area contributed by atoms with E-state index in [-0.39, 0.29) is 23.6 Å². The molecule has 0 saturated heterocycles. The normalized spacial score (nSPS) is 12.6. The summed E-state index contributed by atoms with van der Waals surface area (Å²) in [5, 5.41) is 12.9. The van der Waals surface area contributed by atoms with E-state index in [9.17, 15) is 14.7 Å². The van der Waals surface area contributed by atoms with E-state index in [1.807, 2.05) is 13.8 Å². The number of nitrogens with one attached hydrogen (secondary N) is 2. The number of carbonyl (C=O) groups is 1. The number of carbonyl (C=O) groups excluding carboxylic acids is 1. The highest BCUT2D eigenvalue weighted by Crippen LogP contribution is 2.07. The molecule has 0 aliphatic heterocycles. The van der Waals surface area contributed by atoms with Crippen LogP contribution in [0.4, 0.5) is 0 Å². The molecule has 3 N–H and O–H groups in total. The molecule has 2 rings (SSSR count). The maximum Gasteiger partial charge on any atom is 0.267 e. The Hall–Kier alpha value is -2.14. The van der Waals surface area contributed by atoms with Crippen molar-refractivity contribution in [1.29, 1.82) is 0 Å². The van der Waals surface area contributed by atoms with Gasteiger partial charge in [-0.2, -0.15) is 0 Å². The first-order valence-corrected chi connectivity index (χ1v) is 7.05. The molecule has 1 atom stereocenters. The summed E-state index contributed by atoms with van der Waals surface area (Å²) in [5.74, 6) is -0.0296. The van der Waals surface area contributed by atoms with Crippen molar-refractivity contribution in [3.05, 3.63) is 46.2 Å². The third kappa shape index (κ3) is 3.92. The zero-order valence-corrected chi connectivity index (χ0v) is 12.2. The number of pyridine rings is 1. The van der Waals surface area contributed by atoms with Gasteiger partial charge in [0.2, 0.25) is 0 Å². The maximum atomic E-state index is 12.0. The third-order valence-electron chi connectivity index (χ3n) is 3.22. The average molecular weight is 288 g/mol. The molecule has 1 unspecified atom stereocenters. The molecular formula is C16H20N2O3. The molecule has 1 amide bonds. The standard InChI is InChI=1S/C16H20N2O3/c1-10(2)7-11(19)9-17-16(21)14-8-15(20)12-5-3-4-6-13(12)18-14/h3-6,8,10-11,19H,7,9H2,1-2H3,(H,17,21)(H,18,20). The van der Waals surface area contributed by atoms with Crippen LogP contribution in [0.2, 0.25) is 0 Å². The summed E-state index contributed by atoms with van der Waals surface area (Å²) in [7, 11) is 0. The van der Waals surface area contributed by atoms with Crippen LogP contribution in [0.25, 0.3) is 10.9 Å². The molecule has 2 aromatic rings. The molecule has 0 fully saturated rings. The number of aromatic nitrogens is 1. The largest absolute Gasteiger partial charge is 0.391 e. The lowest BCUT2D eigenvalue weighted by atomic mass is 10.1. The zero-order chi connectivity index (χ0) is 15.4. The smallest absolute Gasteiger partial charge is 0.267 e. The lowest BCUT2D eigenvalue weighted by molar-refractivity contribution is 0.0896. The van der Waals surface area contributed by atoms with Crippen molar-refractivity contribution >= 4 is 16.8 Å². The van der Waals surface area contributed by atoms with Crippen LogP contribution in [0.1, 0.15) is 30.8 Å². The molecule has 0 bridgehead atoms. The highest BCUT2D eigenvalue weighted by molar-refractivity contribution is 5.94. The van der Waals surface area contributed by atoms with Crippen LogP contribution in [0.3, 0.4) is 0 Å². The molecule has 0 saturated carbocycles. The summed E-state index contributed by atoms with van der Waals surface area (Å²) in [4.78, 5) is 26.9. The number of rotatable bonds is 5. The lowest BCUT2D eigenvalue weighted by Crippen LogP contribution is -2.33. The van der Waals surface area contributed by atoms with Crippen molar-refractivity contribution < 1.29 is 9.90 Å². The van der Waals surface area contributed by atoms with Crippen LogP contribution in [-0.4, -0.2) is 28.6 Å². The predicted molar refractivity (Wildman–Crippen MR) is 82.4 cm³/mol. The van der Waals surface area contributed by atoms with E-state index in [1.165, 1.54) is 6.07 Å². The molecule has 1 aromatic carbocycles. The molecule has 5 heteroatoms. The van der Waals surface area contributed by atoms with Crippen molar-refractivity contribution in [2.75, 3.05) is 6.54 Å². The summed E-state index contributed by atoms with van der Waals surface area (Å²) in [6.07, 6.45) is 0.0373. The number of amides is 1. The number of aliphatic hydroxyl groups is 1. The van der Waals surface area contributed by atoms with Gasteiger partial charge >= 0.3 is 0 Å². The fourth-order valence-corrected chi connectivity index (χ4v) is 2.25. The van der Waals surface area contributed by atoms with Gasteiger partial charge in [-0.1, -0.05) is 26.0 Å². The Morgan fingerprint density at radius 1 is 1.33 bits per heavy atom. The fourth-order valence-electron chi connectivity index (χ4n) is 2.25.